The van der Waals surface area contributed by atoms with E-state index in [-0.39, 0.29) is 17.9 Å². The van der Waals surface area contributed by atoms with Gasteiger partial charge in [-0.1, -0.05) is 43.3 Å². The number of benzene rings is 2. The molecular formula is C25H30O5. The summed E-state index contributed by atoms with van der Waals surface area (Å²) in [6, 6.07) is 15.3. The molecule has 0 saturated heterocycles. The number of carbonyl (C=O) groups is 1. The van der Waals surface area contributed by atoms with Crippen molar-refractivity contribution in [2.75, 3.05) is 6.61 Å². The minimum atomic E-state index is -1.29. The minimum absolute atomic E-state index is 0.233. The second-order valence-electron chi connectivity index (χ2n) is 9.13. The lowest BCUT2D eigenvalue weighted by atomic mass is 9.49. The summed E-state index contributed by atoms with van der Waals surface area (Å²) in [5.74, 6) is -0.197. The Morgan fingerprint density at radius 2 is 1.90 bits per heavy atom. The van der Waals surface area contributed by atoms with Gasteiger partial charge in [0, 0.05) is 5.41 Å². The summed E-state index contributed by atoms with van der Waals surface area (Å²) in [5, 5.41) is 32.1. The van der Waals surface area contributed by atoms with E-state index in [2.05, 4.69) is 6.92 Å². The average Bonchev–Trinajstić information content (AvgIpc) is 2.73. The number of aryl methyl sites for hydroxylation is 1. The van der Waals surface area contributed by atoms with Crippen molar-refractivity contribution in [3.63, 3.8) is 0 Å². The van der Waals surface area contributed by atoms with E-state index in [1.807, 2.05) is 48.5 Å². The lowest BCUT2D eigenvalue weighted by Gasteiger charge is -2.59. The molecule has 4 atom stereocenters. The molecule has 0 bridgehead atoms. The van der Waals surface area contributed by atoms with Gasteiger partial charge >= 0.3 is 5.97 Å². The zero-order chi connectivity index (χ0) is 21.6. The Bertz CT molecular complexity index is 938. The van der Waals surface area contributed by atoms with E-state index in [4.69, 9.17) is 9.84 Å². The van der Waals surface area contributed by atoms with Crippen LogP contribution in [0.15, 0.2) is 48.5 Å². The number of hydrogen-bond donors (Lipinski definition) is 3. The predicted molar refractivity (Wildman–Crippen MR) is 114 cm³/mol. The highest BCUT2D eigenvalue weighted by molar-refractivity contribution is 5.68. The van der Waals surface area contributed by atoms with Gasteiger partial charge in [-0.2, -0.15) is 0 Å². The quantitative estimate of drug-likeness (QED) is 0.698. The minimum Gasteiger partial charge on any atom is -0.482 e. The van der Waals surface area contributed by atoms with Crippen LogP contribution >= 0.6 is 0 Å². The summed E-state index contributed by atoms with van der Waals surface area (Å²) in [4.78, 5) is 10.8. The number of carboxylic acids is 1. The predicted octanol–water partition coefficient (Wildman–Crippen LogP) is 3.79. The molecule has 0 amide bonds. The zero-order valence-corrected chi connectivity index (χ0v) is 17.6. The average molecular weight is 411 g/mol. The summed E-state index contributed by atoms with van der Waals surface area (Å²) in [5.41, 5.74) is 0.302. The number of ether oxygens (including phenoxy) is 1. The lowest BCUT2D eigenvalue weighted by Crippen LogP contribution is -2.62. The van der Waals surface area contributed by atoms with E-state index in [9.17, 15) is 15.0 Å². The Morgan fingerprint density at radius 3 is 2.57 bits per heavy atom. The molecule has 1 saturated carbocycles. The van der Waals surface area contributed by atoms with Crippen molar-refractivity contribution in [3.05, 3.63) is 65.2 Å². The van der Waals surface area contributed by atoms with Gasteiger partial charge in [0.05, 0.1) is 5.60 Å². The third kappa shape index (κ3) is 3.21. The molecule has 0 radical (unpaired) electrons. The SMILES string of the molecule is CC[C@@]12C[C@@](C)(O)[C@](O)(c3ccccc3)C[C@H]1CCc1cc(OCC(=O)O)ccc12. The Hall–Kier alpha value is -2.37. The maximum Gasteiger partial charge on any atom is 0.341 e. The van der Waals surface area contributed by atoms with Crippen molar-refractivity contribution in [2.24, 2.45) is 5.92 Å². The van der Waals surface area contributed by atoms with Crippen molar-refractivity contribution >= 4 is 5.97 Å². The van der Waals surface area contributed by atoms with Crippen LogP contribution in [-0.2, 0) is 22.2 Å². The Morgan fingerprint density at radius 1 is 1.17 bits per heavy atom. The van der Waals surface area contributed by atoms with Gasteiger partial charge < -0.3 is 20.1 Å². The Kier molecular flexibility index (Phi) is 5.15. The number of aliphatic carboxylic acids is 1. The van der Waals surface area contributed by atoms with Gasteiger partial charge in [0.2, 0.25) is 0 Å². The topological polar surface area (TPSA) is 87.0 Å². The van der Waals surface area contributed by atoms with Gasteiger partial charge in [-0.25, -0.2) is 4.79 Å². The van der Waals surface area contributed by atoms with Gasteiger partial charge in [0.25, 0.3) is 0 Å². The first-order chi connectivity index (χ1) is 14.2. The van der Waals surface area contributed by atoms with Crippen molar-refractivity contribution in [3.8, 4) is 5.75 Å². The number of hydrogen-bond acceptors (Lipinski definition) is 4. The summed E-state index contributed by atoms with van der Waals surface area (Å²) >= 11 is 0. The smallest absolute Gasteiger partial charge is 0.341 e. The molecule has 2 aromatic rings. The number of aliphatic hydroxyl groups is 2. The van der Waals surface area contributed by atoms with E-state index >= 15 is 0 Å². The summed E-state index contributed by atoms with van der Waals surface area (Å²) in [6.07, 6.45) is 3.60. The second kappa shape index (κ2) is 7.40. The second-order valence-corrected chi connectivity index (χ2v) is 9.13. The van der Waals surface area contributed by atoms with Gasteiger partial charge in [0.1, 0.15) is 11.4 Å². The number of fused-ring (bicyclic) bond motifs is 3. The molecule has 4 rings (SSSR count). The molecule has 30 heavy (non-hydrogen) atoms. The third-order valence-electron chi connectivity index (χ3n) is 7.49. The van der Waals surface area contributed by atoms with Crippen molar-refractivity contribution in [2.45, 2.75) is 62.6 Å². The fourth-order valence-electron chi connectivity index (χ4n) is 5.94. The molecule has 2 aliphatic rings. The first-order valence-corrected chi connectivity index (χ1v) is 10.7. The standard InChI is InChI=1S/C25H30O5/c1-3-24-16-23(2,28)25(29,18-7-5-4-6-8-18)14-19(24)10-9-17-13-20(11-12-21(17)24)30-15-22(26)27/h4-8,11-13,19,28-29H,3,9-10,14-16H2,1-2H3,(H,26,27)/t19-,23-,24-,25-/m1/s1. The third-order valence-corrected chi connectivity index (χ3v) is 7.49. The molecule has 0 unspecified atom stereocenters. The molecular weight excluding hydrogens is 380 g/mol. The molecule has 0 aliphatic heterocycles. The van der Waals surface area contributed by atoms with Crippen molar-refractivity contribution in [1.82, 2.24) is 0 Å². The van der Waals surface area contributed by atoms with Crippen LogP contribution in [0, 0.1) is 5.92 Å². The van der Waals surface area contributed by atoms with Crippen LogP contribution in [-0.4, -0.2) is 33.5 Å². The van der Waals surface area contributed by atoms with Gasteiger partial charge in [-0.3, -0.25) is 0 Å². The highest BCUT2D eigenvalue weighted by Crippen LogP contribution is 2.60. The van der Waals surface area contributed by atoms with Crippen LogP contribution in [0.1, 0.15) is 56.2 Å². The largest absolute Gasteiger partial charge is 0.482 e. The van der Waals surface area contributed by atoms with E-state index < -0.39 is 17.2 Å². The number of rotatable bonds is 5. The van der Waals surface area contributed by atoms with Gasteiger partial charge in [-0.05, 0) is 73.8 Å². The van der Waals surface area contributed by atoms with Gasteiger partial charge in [-0.15, -0.1) is 0 Å². The molecule has 0 aromatic heterocycles. The Balaban J connectivity index is 1.72. The molecule has 0 heterocycles. The van der Waals surface area contributed by atoms with Crippen LogP contribution in [0.5, 0.6) is 5.75 Å². The highest BCUT2D eigenvalue weighted by atomic mass is 16.5. The van der Waals surface area contributed by atoms with Gasteiger partial charge in [0.15, 0.2) is 6.61 Å². The van der Waals surface area contributed by atoms with Crippen molar-refractivity contribution < 1.29 is 24.9 Å². The maximum absolute atomic E-state index is 11.7. The lowest BCUT2D eigenvalue weighted by molar-refractivity contribution is -0.205. The normalized spacial score (nSPS) is 32.7. The van der Waals surface area contributed by atoms with Crippen LogP contribution in [0.3, 0.4) is 0 Å². The first-order valence-electron chi connectivity index (χ1n) is 10.7. The Labute approximate surface area is 177 Å². The van der Waals surface area contributed by atoms with Crippen molar-refractivity contribution in [1.29, 1.82) is 0 Å². The monoisotopic (exact) mass is 410 g/mol. The summed E-state index contributed by atoms with van der Waals surface area (Å²) in [7, 11) is 0. The molecule has 5 heteroatoms. The molecule has 2 aliphatic carbocycles. The molecule has 0 spiro atoms. The maximum atomic E-state index is 11.7. The van der Waals surface area contributed by atoms with Crippen LogP contribution in [0.4, 0.5) is 0 Å². The molecule has 2 aromatic carbocycles. The van der Waals surface area contributed by atoms with Crippen LogP contribution in [0.2, 0.25) is 0 Å². The summed E-state index contributed by atoms with van der Waals surface area (Å²) < 4.78 is 5.38. The molecule has 1 fully saturated rings. The molecule has 160 valence electrons. The van der Waals surface area contributed by atoms with Crippen LogP contribution in [0.25, 0.3) is 0 Å². The van der Waals surface area contributed by atoms with Crippen LogP contribution < -0.4 is 4.74 Å². The fourth-order valence-corrected chi connectivity index (χ4v) is 5.94. The van der Waals surface area contributed by atoms with E-state index in [1.54, 1.807) is 6.92 Å². The van der Waals surface area contributed by atoms with E-state index in [0.717, 1.165) is 30.4 Å². The van der Waals surface area contributed by atoms with E-state index in [0.29, 0.717) is 18.6 Å². The highest BCUT2D eigenvalue weighted by Gasteiger charge is 2.60. The molecule has 5 nitrogen and oxygen atoms in total. The molecule has 3 N–H and O–H groups in total. The summed E-state index contributed by atoms with van der Waals surface area (Å²) in [6.45, 7) is 3.55. The zero-order valence-electron chi connectivity index (χ0n) is 17.6. The first kappa shape index (κ1) is 20.9. The fraction of sp³-hybridized carbons (Fsp3) is 0.480. The van der Waals surface area contributed by atoms with E-state index in [1.165, 1.54) is 5.56 Å². The number of carboxylic acid groups (broad SMARTS) is 1.